The molecule has 27 heavy (non-hydrogen) atoms. The zero-order valence-corrected chi connectivity index (χ0v) is 15.6. The van der Waals surface area contributed by atoms with Crippen molar-refractivity contribution < 1.29 is 14.7 Å². The molecule has 0 radical (unpaired) electrons. The van der Waals surface area contributed by atoms with E-state index in [1.54, 1.807) is 6.92 Å². The third kappa shape index (κ3) is 4.37. The van der Waals surface area contributed by atoms with Gasteiger partial charge in [-0.2, -0.15) is 0 Å². The highest BCUT2D eigenvalue weighted by atomic mass is 16.4. The first-order valence-corrected chi connectivity index (χ1v) is 9.17. The summed E-state index contributed by atoms with van der Waals surface area (Å²) >= 11 is 0. The Morgan fingerprint density at radius 2 is 1.85 bits per heavy atom. The van der Waals surface area contributed by atoms with Gasteiger partial charge >= 0.3 is 5.97 Å². The number of anilines is 1. The van der Waals surface area contributed by atoms with E-state index in [0.717, 1.165) is 28.5 Å². The molecule has 0 saturated heterocycles. The Kier molecular flexibility index (Phi) is 5.60. The number of amides is 1. The quantitative estimate of drug-likeness (QED) is 0.588. The van der Waals surface area contributed by atoms with E-state index in [2.05, 4.69) is 23.3 Å². The third-order valence-electron chi connectivity index (χ3n) is 4.82. The van der Waals surface area contributed by atoms with Crippen LogP contribution in [0.25, 0.3) is 10.9 Å². The molecule has 0 fully saturated rings. The Bertz CT molecular complexity index is 957. The number of nitrogens with one attached hydrogen (secondary N) is 2. The van der Waals surface area contributed by atoms with Crippen molar-refractivity contribution >= 4 is 28.5 Å². The molecule has 1 amide bonds. The molecule has 0 spiro atoms. The van der Waals surface area contributed by atoms with Crippen LogP contribution in [0.3, 0.4) is 0 Å². The van der Waals surface area contributed by atoms with Gasteiger partial charge in [0.15, 0.2) is 0 Å². The number of carbonyl (C=O) groups excluding carboxylic acids is 1. The van der Waals surface area contributed by atoms with Crippen molar-refractivity contribution in [3.8, 4) is 0 Å². The summed E-state index contributed by atoms with van der Waals surface area (Å²) in [5.74, 6) is -1.32. The topological polar surface area (TPSA) is 82.2 Å². The van der Waals surface area contributed by atoms with Crippen molar-refractivity contribution in [3.63, 3.8) is 0 Å². The number of aryl methyl sites for hydroxylation is 1. The highest BCUT2D eigenvalue weighted by Gasteiger charge is 2.13. The first-order chi connectivity index (χ1) is 13.0. The van der Waals surface area contributed by atoms with Crippen LogP contribution in [0.5, 0.6) is 0 Å². The van der Waals surface area contributed by atoms with Crippen LogP contribution in [0.2, 0.25) is 0 Å². The molecule has 3 N–H and O–H groups in total. The number of aromatic amines is 1. The Morgan fingerprint density at radius 1 is 1.11 bits per heavy atom. The summed E-state index contributed by atoms with van der Waals surface area (Å²) in [4.78, 5) is 26.7. The number of carboxylic acid groups (broad SMARTS) is 1. The minimum absolute atomic E-state index is 0.0792. The molecule has 140 valence electrons. The van der Waals surface area contributed by atoms with Crippen molar-refractivity contribution in [3.05, 3.63) is 65.4 Å². The van der Waals surface area contributed by atoms with Gasteiger partial charge in [-0.3, -0.25) is 9.59 Å². The average molecular weight is 364 g/mol. The third-order valence-corrected chi connectivity index (χ3v) is 4.82. The number of carboxylic acids is 1. The summed E-state index contributed by atoms with van der Waals surface area (Å²) in [5.41, 5.74) is 4.96. The van der Waals surface area contributed by atoms with Crippen molar-refractivity contribution in [2.24, 2.45) is 5.92 Å². The van der Waals surface area contributed by atoms with Crippen LogP contribution in [0, 0.1) is 5.92 Å². The fourth-order valence-electron chi connectivity index (χ4n) is 3.26. The summed E-state index contributed by atoms with van der Waals surface area (Å²) in [7, 11) is 0. The molecule has 0 aliphatic rings. The zero-order chi connectivity index (χ0) is 19.4. The standard InChI is InChI=1S/C22H24N2O3/c1-3-16-5-4-6-19-17(13-23-21(16)19)12-20(25)24-18-9-7-15(8-10-18)11-14(2)22(26)27/h4-10,13-14,23H,3,11-12H2,1-2H3,(H,24,25)(H,26,27). The predicted octanol–water partition coefficient (Wildman–Crippen LogP) is 4.17. The predicted molar refractivity (Wildman–Crippen MR) is 107 cm³/mol. The fraction of sp³-hybridized carbons (Fsp3) is 0.273. The molecule has 5 nitrogen and oxygen atoms in total. The molecule has 1 atom stereocenters. The van der Waals surface area contributed by atoms with Crippen LogP contribution >= 0.6 is 0 Å². The molecule has 0 aliphatic heterocycles. The Labute approximate surface area is 158 Å². The van der Waals surface area contributed by atoms with Gasteiger partial charge in [-0.1, -0.05) is 44.2 Å². The van der Waals surface area contributed by atoms with Crippen LogP contribution in [-0.2, 0) is 28.9 Å². The van der Waals surface area contributed by atoms with E-state index in [4.69, 9.17) is 5.11 Å². The van der Waals surface area contributed by atoms with Gasteiger partial charge in [-0.25, -0.2) is 0 Å². The van der Waals surface area contributed by atoms with E-state index >= 15 is 0 Å². The molecule has 3 aromatic rings. The molecular weight excluding hydrogens is 340 g/mol. The minimum Gasteiger partial charge on any atom is -0.481 e. The number of H-pyrrole nitrogens is 1. The van der Waals surface area contributed by atoms with E-state index in [1.807, 2.05) is 42.6 Å². The maximum Gasteiger partial charge on any atom is 0.306 e. The van der Waals surface area contributed by atoms with E-state index in [0.29, 0.717) is 18.5 Å². The number of fused-ring (bicyclic) bond motifs is 1. The number of hydrogen-bond acceptors (Lipinski definition) is 2. The minimum atomic E-state index is -0.808. The van der Waals surface area contributed by atoms with Gasteiger partial charge < -0.3 is 15.4 Å². The number of para-hydroxylation sites is 1. The molecule has 1 heterocycles. The van der Waals surface area contributed by atoms with Crippen LogP contribution in [-0.4, -0.2) is 22.0 Å². The molecule has 0 bridgehead atoms. The lowest BCUT2D eigenvalue weighted by molar-refractivity contribution is -0.141. The molecule has 0 saturated carbocycles. The van der Waals surface area contributed by atoms with Crippen molar-refractivity contribution in [2.75, 3.05) is 5.32 Å². The number of aromatic nitrogens is 1. The summed E-state index contributed by atoms with van der Waals surface area (Å²) in [6.45, 7) is 3.80. The van der Waals surface area contributed by atoms with Gasteiger partial charge in [0.05, 0.1) is 12.3 Å². The van der Waals surface area contributed by atoms with Crippen LogP contribution < -0.4 is 5.32 Å². The lowest BCUT2D eigenvalue weighted by Crippen LogP contribution is -2.14. The maximum atomic E-state index is 12.4. The molecule has 1 aromatic heterocycles. The van der Waals surface area contributed by atoms with Crippen LogP contribution in [0.15, 0.2) is 48.7 Å². The number of aliphatic carboxylic acids is 1. The van der Waals surface area contributed by atoms with Crippen LogP contribution in [0.1, 0.15) is 30.5 Å². The summed E-state index contributed by atoms with van der Waals surface area (Å²) in [6.07, 6.45) is 3.61. The van der Waals surface area contributed by atoms with E-state index in [9.17, 15) is 9.59 Å². The van der Waals surface area contributed by atoms with Gasteiger partial charge in [0.25, 0.3) is 0 Å². The van der Waals surface area contributed by atoms with Crippen LogP contribution in [0.4, 0.5) is 5.69 Å². The second-order valence-electron chi connectivity index (χ2n) is 6.87. The highest BCUT2D eigenvalue weighted by molar-refractivity contribution is 5.96. The van der Waals surface area contributed by atoms with Gasteiger partial charge in [0, 0.05) is 22.8 Å². The molecule has 1 unspecified atom stereocenters. The lowest BCUT2D eigenvalue weighted by atomic mass is 10.0. The Morgan fingerprint density at radius 3 is 2.52 bits per heavy atom. The van der Waals surface area contributed by atoms with Crippen molar-refractivity contribution in [1.29, 1.82) is 0 Å². The second kappa shape index (κ2) is 8.08. The highest BCUT2D eigenvalue weighted by Crippen LogP contribution is 2.23. The normalized spacial score (nSPS) is 12.1. The summed E-state index contributed by atoms with van der Waals surface area (Å²) in [6, 6.07) is 13.5. The number of rotatable bonds is 7. The first kappa shape index (κ1) is 18.7. The fourth-order valence-corrected chi connectivity index (χ4v) is 3.26. The number of benzene rings is 2. The van der Waals surface area contributed by atoms with Gasteiger partial charge in [0.1, 0.15) is 0 Å². The Hall–Kier alpha value is -3.08. The molecule has 5 heteroatoms. The number of hydrogen-bond donors (Lipinski definition) is 3. The number of carbonyl (C=O) groups is 2. The lowest BCUT2D eigenvalue weighted by Gasteiger charge is -2.08. The molecule has 0 aliphatic carbocycles. The van der Waals surface area contributed by atoms with Crippen molar-refractivity contribution in [1.82, 2.24) is 4.98 Å². The SMILES string of the molecule is CCc1cccc2c(CC(=O)Nc3ccc(CC(C)C(=O)O)cc3)c[nH]c12. The molecule has 3 rings (SSSR count). The summed E-state index contributed by atoms with van der Waals surface area (Å²) in [5, 5.41) is 13.0. The van der Waals surface area contributed by atoms with E-state index in [-0.39, 0.29) is 5.91 Å². The van der Waals surface area contributed by atoms with Gasteiger partial charge in [-0.15, -0.1) is 0 Å². The zero-order valence-electron chi connectivity index (χ0n) is 15.6. The monoisotopic (exact) mass is 364 g/mol. The van der Waals surface area contributed by atoms with Crippen molar-refractivity contribution in [2.45, 2.75) is 33.1 Å². The van der Waals surface area contributed by atoms with E-state index < -0.39 is 11.9 Å². The molecule has 2 aromatic carbocycles. The van der Waals surface area contributed by atoms with E-state index in [1.165, 1.54) is 5.56 Å². The Balaban J connectivity index is 1.65. The molecular formula is C22H24N2O3. The van der Waals surface area contributed by atoms with Gasteiger partial charge in [-0.05, 0) is 41.7 Å². The maximum absolute atomic E-state index is 12.4. The summed E-state index contributed by atoms with van der Waals surface area (Å²) < 4.78 is 0. The van der Waals surface area contributed by atoms with Gasteiger partial charge in [0.2, 0.25) is 5.91 Å². The largest absolute Gasteiger partial charge is 0.481 e. The first-order valence-electron chi connectivity index (χ1n) is 9.17. The smallest absolute Gasteiger partial charge is 0.306 e. The second-order valence-corrected chi connectivity index (χ2v) is 6.87. The average Bonchev–Trinajstić information content (AvgIpc) is 3.06.